The van der Waals surface area contributed by atoms with Crippen molar-refractivity contribution in [2.45, 2.75) is 70.6 Å². The van der Waals surface area contributed by atoms with E-state index in [1.54, 1.807) is 0 Å². The Morgan fingerprint density at radius 1 is 1.15 bits per heavy atom. The van der Waals surface area contributed by atoms with Crippen LogP contribution >= 0.6 is 0 Å². The molecule has 0 amide bonds. The maximum Gasteiger partial charge on any atom is 0.191 e. The smallest absolute Gasteiger partial charge is 0.191 e. The van der Waals surface area contributed by atoms with E-state index in [0.29, 0.717) is 5.92 Å². The van der Waals surface area contributed by atoms with E-state index in [1.807, 2.05) is 6.92 Å². The van der Waals surface area contributed by atoms with Crippen molar-refractivity contribution in [3.8, 4) is 0 Å². The summed E-state index contributed by atoms with van der Waals surface area (Å²) in [5.74, 6) is 0.873. The predicted octanol–water partition coefficient (Wildman–Crippen LogP) is 3.38. The van der Waals surface area contributed by atoms with Crippen LogP contribution in [-0.4, -0.2) is 29.4 Å². The molecule has 0 spiro atoms. The molecule has 0 bridgehead atoms. The van der Waals surface area contributed by atoms with E-state index in [-0.39, 0.29) is 24.0 Å². The summed E-state index contributed by atoms with van der Waals surface area (Å²) in [6, 6.07) is 0. The van der Waals surface area contributed by atoms with Gasteiger partial charge in [0.2, 0.25) is 0 Å². The van der Waals surface area contributed by atoms with Crippen LogP contribution in [0.15, 0.2) is 12.2 Å². The van der Waals surface area contributed by atoms with Crippen LogP contribution in [0.25, 0.3) is 0 Å². The van der Waals surface area contributed by atoms with Crippen LogP contribution < -0.4 is 0 Å². The first-order chi connectivity index (χ1) is 9.50. The second-order valence-corrected chi connectivity index (χ2v) is 6.87. The summed E-state index contributed by atoms with van der Waals surface area (Å²) in [6.07, 6.45) is 3.70. The van der Waals surface area contributed by atoms with Crippen LogP contribution in [0, 0.1) is 17.8 Å². The monoisotopic (exact) mass is 282 g/mol. The molecule has 2 saturated heterocycles. The fourth-order valence-electron chi connectivity index (χ4n) is 4.55. The van der Waals surface area contributed by atoms with Gasteiger partial charge in [-0.3, -0.25) is 5.26 Å². The molecule has 1 N–H and O–H groups in total. The maximum atomic E-state index is 9.81. The number of ether oxygens (including phenoxy) is 2. The van der Waals surface area contributed by atoms with Crippen LogP contribution in [0.4, 0.5) is 0 Å². The zero-order valence-electron chi connectivity index (χ0n) is 12.7. The van der Waals surface area contributed by atoms with Gasteiger partial charge >= 0.3 is 0 Å². The molecule has 0 aromatic rings. The van der Waals surface area contributed by atoms with E-state index in [9.17, 15) is 5.26 Å². The zero-order chi connectivity index (χ0) is 14.5. The summed E-state index contributed by atoms with van der Waals surface area (Å²) >= 11 is 0. The summed E-state index contributed by atoms with van der Waals surface area (Å²) in [4.78, 5) is 5.16. The van der Waals surface area contributed by atoms with Gasteiger partial charge in [-0.25, -0.2) is 4.89 Å². The van der Waals surface area contributed by atoms with Crippen LogP contribution in [-0.2, 0) is 14.4 Å². The highest BCUT2D eigenvalue weighted by molar-refractivity contribution is 5.21. The second kappa shape index (κ2) is 5.09. The SMILES string of the molecule is C=C1[C@@H](C)O[C@@H]2O[C@@H](C)CCC3[C@H](C)CC[C@@H]1[C@]32OO. The lowest BCUT2D eigenvalue weighted by Crippen LogP contribution is -2.65. The minimum Gasteiger partial charge on any atom is -0.347 e. The molecule has 2 heterocycles. The second-order valence-electron chi connectivity index (χ2n) is 6.87. The number of rotatable bonds is 1. The average molecular weight is 282 g/mol. The third-order valence-corrected chi connectivity index (χ3v) is 5.79. The molecule has 3 fully saturated rings. The molecule has 20 heavy (non-hydrogen) atoms. The highest BCUT2D eigenvalue weighted by atomic mass is 17.1. The molecule has 3 aliphatic rings. The molecule has 1 aliphatic carbocycles. The zero-order valence-corrected chi connectivity index (χ0v) is 12.7. The molecule has 2 aliphatic heterocycles. The third kappa shape index (κ3) is 1.89. The van der Waals surface area contributed by atoms with Crippen LogP contribution in [0.3, 0.4) is 0 Å². The van der Waals surface area contributed by atoms with Crippen LogP contribution in [0.1, 0.15) is 46.5 Å². The largest absolute Gasteiger partial charge is 0.347 e. The first-order valence-electron chi connectivity index (χ1n) is 7.82. The average Bonchev–Trinajstić information content (AvgIpc) is 2.56. The predicted molar refractivity (Wildman–Crippen MR) is 75.1 cm³/mol. The molecule has 1 saturated carbocycles. The molecule has 1 unspecified atom stereocenters. The standard InChI is InChI=1S/C16H26O4/c1-9-5-7-14-11(3)12(4)19-15-16(14,20-17)13(9)8-6-10(2)18-15/h9-10,12-15,17H,3,5-8H2,1-2,4H3/t9-,10+,12-,13?,14+,15+,16-/m1/s1. The maximum absolute atomic E-state index is 9.81. The summed E-state index contributed by atoms with van der Waals surface area (Å²) in [7, 11) is 0. The van der Waals surface area contributed by atoms with Crippen molar-refractivity contribution in [2.24, 2.45) is 17.8 Å². The van der Waals surface area contributed by atoms with Crippen molar-refractivity contribution >= 4 is 0 Å². The Balaban J connectivity index is 2.07. The molecule has 0 aromatic heterocycles. The van der Waals surface area contributed by atoms with E-state index in [2.05, 4.69) is 20.4 Å². The van der Waals surface area contributed by atoms with Crippen LogP contribution in [0.5, 0.6) is 0 Å². The first kappa shape index (κ1) is 14.5. The highest BCUT2D eigenvalue weighted by Crippen LogP contribution is 2.55. The first-order valence-corrected chi connectivity index (χ1v) is 7.82. The number of hydrogen-bond donors (Lipinski definition) is 1. The number of hydrogen-bond acceptors (Lipinski definition) is 4. The summed E-state index contributed by atoms with van der Waals surface area (Å²) in [6.45, 7) is 10.5. The highest BCUT2D eigenvalue weighted by Gasteiger charge is 2.63. The van der Waals surface area contributed by atoms with Gasteiger partial charge in [0.25, 0.3) is 0 Å². The van der Waals surface area contributed by atoms with Gasteiger partial charge in [0.15, 0.2) is 11.9 Å². The lowest BCUT2D eigenvalue weighted by Gasteiger charge is -2.56. The molecular weight excluding hydrogens is 256 g/mol. The van der Waals surface area contributed by atoms with Gasteiger partial charge in [-0.1, -0.05) is 13.5 Å². The third-order valence-electron chi connectivity index (χ3n) is 5.79. The summed E-state index contributed by atoms with van der Waals surface area (Å²) < 4.78 is 12.1. The lowest BCUT2D eigenvalue weighted by atomic mass is 9.59. The van der Waals surface area contributed by atoms with Crippen molar-refractivity contribution in [2.75, 3.05) is 0 Å². The molecule has 0 aromatic carbocycles. The molecule has 0 radical (unpaired) electrons. The molecule has 4 heteroatoms. The van der Waals surface area contributed by atoms with Gasteiger partial charge in [-0.2, -0.15) is 0 Å². The molecule has 4 nitrogen and oxygen atoms in total. The van der Waals surface area contributed by atoms with Gasteiger partial charge in [0.05, 0.1) is 12.2 Å². The minimum absolute atomic E-state index is 0.0485. The summed E-state index contributed by atoms with van der Waals surface area (Å²) in [5.41, 5.74) is 0.261. The van der Waals surface area contributed by atoms with Crippen LogP contribution in [0.2, 0.25) is 0 Å². The normalized spacial score (nSPS) is 52.3. The molecule has 3 rings (SSSR count). The fourth-order valence-corrected chi connectivity index (χ4v) is 4.55. The van der Waals surface area contributed by atoms with E-state index < -0.39 is 11.9 Å². The van der Waals surface area contributed by atoms with E-state index in [1.165, 1.54) is 0 Å². The van der Waals surface area contributed by atoms with Gasteiger partial charge in [0, 0.05) is 5.92 Å². The Morgan fingerprint density at radius 2 is 1.90 bits per heavy atom. The quantitative estimate of drug-likeness (QED) is 0.455. The van der Waals surface area contributed by atoms with E-state index in [4.69, 9.17) is 14.4 Å². The van der Waals surface area contributed by atoms with Gasteiger partial charge in [0.1, 0.15) is 0 Å². The van der Waals surface area contributed by atoms with E-state index >= 15 is 0 Å². The van der Waals surface area contributed by atoms with E-state index in [0.717, 1.165) is 31.3 Å². The Bertz CT molecular complexity index is 396. The fraction of sp³-hybridized carbons (Fsp3) is 0.875. The van der Waals surface area contributed by atoms with Crippen molar-refractivity contribution in [3.05, 3.63) is 12.2 Å². The Labute approximate surface area is 121 Å². The van der Waals surface area contributed by atoms with Gasteiger partial charge < -0.3 is 9.47 Å². The molecule has 114 valence electrons. The van der Waals surface area contributed by atoms with Crippen molar-refractivity contribution in [1.29, 1.82) is 0 Å². The Hall–Kier alpha value is -0.420. The van der Waals surface area contributed by atoms with Crippen molar-refractivity contribution in [3.63, 3.8) is 0 Å². The Morgan fingerprint density at radius 3 is 2.60 bits per heavy atom. The molecule has 7 atom stereocenters. The Kier molecular flexibility index (Phi) is 3.70. The minimum atomic E-state index is -0.772. The lowest BCUT2D eigenvalue weighted by molar-refractivity contribution is -0.427. The topological polar surface area (TPSA) is 47.9 Å². The molecular formula is C16H26O4. The van der Waals surface area contributed by atoms with Crippen molar-refractivity contribution < 1.29 is 19.6 Å². The van der Waals surface area contributed by atoms with Gasteiger partial charge in [-0.05, 0) is 56.9 Å². The van der Waals surface area contributed by atoms with Crippen molar-refractivity contribution in [1.82, 2.24) is 0 Å². The summed E-state index contributed by atoms with van der Waals surface area (Å²) in [5, 5.41) is 9.81. The van der Waals surface area contributed by atoms with Gasteiger partial charge in [-0.15, -0.1) is 0 Å².